The third-order valence-corrected chi connectivity index (χ3v) is 3.69. The van der Waals surface area contributed by atoms with E-state index in [0.29, 0.717) is 12.5 Å². The number of amides is 1. The highest BCUT2D eigenvalue weighted by Crippen LogP contribution is 2.19. The Kier molecular flexibility index (Phi) is 4.59. The summed E-state index contributed by atoms with van der Waals surface area (Å²) in [5.41, 5.74) is 3.01. The van der Waals surface area contributed by atoms with Gasteiger partial charge in [0.05, 0.1) is 6.10 Å². The summed E-state index contributed by atoms with van der Waals surface area (Å²) in [5.74, 6) is 0.445. The summed E-state index contributed by atoms with van der Waals surface area (Å²) in [5, 5.41) is 2.98. The van der Waals surface area contributed by atoms with Crippen molar-refractivity contribution < 1.29 is 9.53 Å². The molecule has 0 aromatic heterocycles. The molecule has 3 nitrogen and oxygen atoms in total. The number of hydrogen-bond acceptors (Lipinski definition) is 2. The number of carbonyl (C=O) groups excluding carboxylic acids is 1. The second kappa shape index (κ2) is 6.20. The van der Waals surface area contributed by atoms with E-state index < -0.39 is 0 Å². The van der Waals surface area contributed by atoms with Crippen molar-refractivity contribution >= 4 is 5.91 Å². The van der Waals surface area contributed by atoms with Crippen molar-refractivity contribution in [2.75, 3.05) is 13.2 Å². The molecule has 1 aromatic rings. The Bertz CT molecular complexity index is 448. The van der Waals surface area contributed by atoms with E-state index in [2.05, 4.69) is 25.2 Å². The highest BCUT2D eigenvalue weighted by molar-refractivity contribution is 5.95. The molecule has 1 fully saturated rings. The topological polar surface area (TPSA) is 38.3 Å². The van der Waals surface area contributed by atoms with Crippen molar-refractivity contribution in [3.8, 4) is 0 Å². The summed E-state index contributed by atoms with van der Waals surface area (Å²) in [6.07, 6.45) is 2.34. The lowest BCUT2D eigenvalue weighted by Crippen LogP contribution is -2.32. The van der Waals surface area contributed by atoms with Crippen molar-refractivity contribution in [3.63, 3.8) is 0 Å². The van der Waals surface area contributed by atoms with Gasteiger partial charge in [0.2, 0.25) is 0 Å². The van der Waals surface area contributed by atoms with E-state index in [-0.39, 0.29) is 12.0 Å². The fraction of sp³-hybridized carbons (Fsp3) is 0.562. The maximum absolute atomic E-state index is 12.2. The Morgan fingerprint density at radius 1 is 1.47 bits per heavy atom. The second-order valence-corrected chi connectivity index (χ2v) is 5.57. The van der Waals surface area contributed by atoms with Gasteiger partial charge in [0.25, 0.3) is 5.91 Å². The molecule has 1 amide bonds. The van der Waals surface area contributed by atoms with Gasteiger partial charge in [0, 0.05) is 18.7 Å². The van der Waals surface area contributed by atoms with Gasteiger partial charge in [-0.05, 0) is 42.9 Å². The normalized spacial score (nSPS) is 18.8. The van der Waals surface area contributed by atoms with Crippen LogP contribution in [0.1, 0.15) is 54.1 Å². The first-order valence-electron chi connectivity index (χ1n) is 7.08. The maximum Gasteiger partial charge on any atom is 0.251 e. The SMILES string of the molecule is Cc1ccc(C(C)C)cc1C(=O)NCC1CCCO1. The van der Waals surface area contributed by atoms with Gasteiger partial charge < -0.3 is 10.1 Å². The first-order chi connectivity index (χ1) is 9.08. The van der Waals surface area contributed by atoms with Crippen LogP contribution in [0.3, 0.4) is 0 Å². The molecule has 0 radical (unpaired) electrons. The lowest BCUT2D eigenvalue weighted by atomic mass is 9.97. The highest BCUT2D eigenvalue weighted by Gasteiger charge is 2.17. The predicted octanol–water partition coefficient (Wildman–Crippen LogP) is 3.03. The highest BCUT2D eigenvalue weighted by atomic mass is 16.5. The number of rotatable bonds is 4. The van der Waals surface area contributed by atoms with E-state index in [1.165, 1.54) is 5.56 Å². The molecule has 1 atom stereocenters. The zero-order chi connectivity index (χ0) is 13.8. The van der Waals surface area contributed by atoms with Crippen LogP contribution >= 0.6 is 0 Å². The Balaban J connectivity index is 2.02. The first-order valence-corrected chi connectivity index (χ1v) is 7.08. The average Bonchev–Trinajstić information content (AvgIpc) is 2.89. The van der Waals surface area contributed by atoms with Crippen LogP contribution in [0.4, 0.5) is 0 Å². The van der Waals surface area contributed by atoms with Crippen LogP contribution in [0.15, 0.2) is 18.2 Å². The molecule has 3 heteroatoms. The van der Waals surface area contributed by atoms with E-state index in [0.717, 1.165) is 30.6 Å². The number of carbonyl (C=O) groups is 1. The molecule has 0 aliphatic carbocycles. The zero-order valence-corrected chi connectivity index (χ0v) is 12.0. The smallest absolute Gasteiger partial charge is 0.251 e. The molecule has 2 rings (SSSR count). The molecule has 104 valence electrons. The Labute approximate surface area is 115 Å². The molecule has 1 saturated heterocycles. The summed E-state index contributed by atoms with van der Waals surface area (Å²) in [4.78, 5) is 12.2. The largest absolute Gasteiger partial charge is 0.376 e. The van der Waals surface area contributed by atoms with Gasteiger partial charge >= 0.3 is 0 Å². The molecule has 1 aliphatic heterocycles. The third-order valence-electron chi connectivity index (χ3n) is 3.69. The van der Waals surface area contributed by atoms with E-state index >= 15 is 0 Å². The maximum atomic E-state index is 12.2. The molecule has 0 saturated carbocycles. The number of benzene rings is 1. The van der Waals surface area contributed by atoms with Gasteiger partial charge in [-0.2, -0.15) is 0 Å². The molecular formula is C16H23NO2. The second-order valence-electron chi connectivity index (χ2n) is 5.57. The molecule has 1 heterocycles. The zero-order valence-electron chi connectivity index (χ0n) is 12.0. The van der Waals surface area contributed by atoms with E-state index in [1.54, 1.807) is 0 Å². The molecule has 1 aromatic carbocycles. The van der Waals surface area contributed by atoms with Crippen LogP contribution in [-0.4, -0.2) is 25.2 Å². The van der Waals surface area contributed by atoms with E-state index in [4.69, 9.17) is 4.74 Å². The Hall–Kier alpha value is -1.35. The van der Waals surface area contributed by atoms with Gasteiger partial charge in [0.15, 0.2) is 0 Å². The lowest BCUT2D eigenvalue weighted by molar-refractivity contribution is 0.0857. The van der Waals surface area contributed by atoms with Crippen LogP contribution in [0.5, 0.6) is 0 Å². The van der Waals surface area contributed by atoms with E-state index in [9.17, 15) is 4.79 Å². The monoisotopic (exact) mass is 261 g/mol. The minimum Gasteiger partial charge on any atom is -0.376 e. The molecule has 0 spiro atoms. The van der Waals surface area contributed by atoms with Gasteiger partial charge in [-0.15, -0.1) is 0 Å². The standard InChI is InChI=1S/C16H23NO2/c1-11(2)13-7-6-12(3)15(9-13)16(18)17-10-14-5-4-8-19-14/h6-7,9,11,14H,4-5,8,10H2,1-3H3,(H,17,18). The van der Waals surface area contributed by atoms with Crippen LogP contribution in [-0.2, 0) is 4.74 Å². The summed E-state index contributed by atoms with van der Waals surface area (Å²) >= 11 is 0. The van der Waals surface area contributed by atoms with Crippen LogP contribution in [0, 0.1) is 6.92 Å². The van der Waals surface area contributed by atoms with Crippen molar-refractivity contribution in [1.29, 1.82) is 0 Å². The molecule has 1 aliphatic rings. The number of nitrogens with one attached hydrogen (secondary N) is 1. The molecule has 1 unspecified atom stereocenters. The lowest BCUT2D eigenvalue weighted by Gasteiger charge is -2.14. The van der Waals surface area contributed by atoms with Gasteiger partial charge in [-0.3, -0.25) is 4.79 Å². The fourth-order valence-corrected chi connectivity index (χ4v) is 2.35. The van der Waals surface area contributed by atoms with Gasteiger partial charge in [-0.1, -0.05) is 26.0 Å². The minimum absolute atomic E-state index is 0.00972. The predicted molar refractivity (Wildman–Crippen MR) is 76.6 cm³/mol. The van der Waals surface area contributed by atoms with Gasteiger partial charge in [-0.25, -0.2) is 0 Å². The van der Waals surface area contributed by atoms with Crippen LogP contribution in [0.25, 0.3) is 0 Å². The molecule has 0 bridgehead atoms. The number of aryl methyl sites for hydroxylation is 1. The Morgan fingerprint density at radius 2 is 2.26 bits per heavy atom. The number of ether oxygens (including phenoxy) is 1. The first kappa shape index (κ1) is 14.1. The average molecular weight is 261 g/mol. The third kappa shape index (κ3) is 3.57. The summed E-state index contributed by atoms with van der Waals surface area (Å²) in [7, 11) is 0. The van der Waals surface area contributed by atoms with Crippen molar-refractivity contribution in [2.24, 2.45) is 0 Å². The van der Waals surface area contributed by atoms with Crippen molar-refractivity contribution in [1.82, 2.24) is 5.32 Å². The fourth-order valence-electron chi connectivity index (χ4n) is 2.35. The van der Waals surface area contributed by atoms with E-state index in [1.807, 2.05) is 19.1 Å². The summed E-state index contributed by atoms with van der Waals surface area (Å²) in [6, 6.07) is 6.12. The minimum atomic E-state index is 0.00972. The summed E-state index contributed by atoms with van der Waals surface area (Å²) in [6.45, 7) is 7.69. The van der Waals surface area contributed by atoms with Crippen LogP contribution < -0.4 is 5.32 Å². The van der Waals surface area contributed by atoms with Crippen molar-refractivity contribution in [3.05, 3.63) is 34.9 Å². The Morgan fingerprint density at radius 3 is 2.89 bits per heavy atom. The molecule has 19 heavy (non-hydrogen) atoms. The molecule has 1 N–H and O–H groups in total. The van der Waals surface area contributed by atoms with Crippen molar-refractivity contribution in [2.45, 2.75) is 45.6 Å². The van der Waals surface area contributed by atoms with Gasteiger partial charge in [0.1, 0.15) is 0 Å². The van der Waals surface area contributed by atoms with Crippen LogP contribution in [0.2, 0.25) is 0 Å². The molecular weight excluding hydrogens is 238 g/mol. The quantitative estimate of drug-likeness (QED) is 0.904. The summed E-state index contributed by atoms with van der Waals surface area (Å²) < 4.78 is 5.52. The number of hydrogen-bond donors (Lipinski definition) is 1.